The summed E-state index contributed by atoms with van der Waals surface area (Å²) in [6.45, 7) is 6.73. The number of carbonyl (C=O) groups is 5. The van der Waals surface area contributed by atoms with Gasteiger partial charge in [0.2, 0.25) is 5.91 Å². The lowest BCUT2D eigenvalue weighted by atomic mass is 10.0. The zero-order chi connectivity index (χ0) is 21.6. The van der Waals surface area contributed by atoms with Gasteiger partial charge in [-0.15, -0.1) is 0 Å². The van der Waals surface area contributed by atoms with Crippen molar-refractivity contribution < 1.29 is 28.7 Å². The molecule has 1 unspecified atom stereocenters. The van der Waals surface area contributed by atoms with E-state index < -0.39 is 42.5 Å². The maximum atomic E-state index is 12.9. The van der Waals surface area contributed by atoms with E-state index in [0.717, 1.165) is 9.80 Å². The second-order valence-corrected chi connectivity index (χ2v) is 6.21. The van der Waals surface area contributed by atoms with Gasteiger partial charge in [0.15, 0.2) is 6.73 Å². The molecule has 0 aliphatic carbocycles. The molecule has 29 heavy (non-hydrogen) atoms. The molecule has 9 heteroatoms. The average Bonchev–Trinajstić information content (AvgIpc) is 2.91. The summed E-state index contributed by atoms with van der Waals surface area (Å²) in [6.07, 6.45) is 6.74. The van der Waals surface area contributed by atoms with Crippen LogP contribution in [-0.4, -0.2) is 58.8 Å². The summed E-state index contributed by atoms with van der Waals surface area (Å²) < 4.78 is 4.86. The Morgan fingerprint density at radius 2 is 1.86 bits per heavy atom. The number of rotatable bonds is 6. The molecule has 1 N–H and O–H groups in total. The highest BCUT2D eigenvalue weighted by Crippen LogP contribution is 2.31. The molecule has 0 spiro atoms. The fourth-order valence-corrected chi connectivity index (χ4v) is 3.01. The number of nitrogens with zero attached hydrogens (tertiary/aromatic N) is 2. The lowest BCUT2D eigenvalue weighted by Gasteiger charge is -2.33. The van der Waals surface area contributed by atoms with Crippen molar-refractivity contribution in [1.29, 1.82) is 0 Å². The van der Waals surface area contributed by atoms with Gasteiger partial charge < -0.3 is 10.1 Å². The van der Waals surface area contributed by atoms with Gasteiger partial charge in [-0.2, -0.15) is 0 Å². The van der Waals surface area contributed by atoms with E-state index in [1.165, 1.54) is 18.2 Å². The number of amides is 5. The smallest absolute Gasteiger partial charge is 0.408 e. The van der Waals surface area contributed by atoms with Gasteiger partial charge >= 0.3 is 6.09 Å². The Labute approximate surface area is 168 Å². The third kappa shape index (κ3) is 4.50. The highest BCUT2D eigenvalue weighted by molar-refractivity contribution is 6.26. The van der Waals surface area contributed by atoms with E-state index in [1.807, 2.05) is 0 Å². The molecule has 0 aromatic carbocycles. The van der Waals surface area contributed by atoms with Crippen molar-refractivity contribution in [2.75, 3.05) is 13.3 Å². The first-order chi connectivity index (χ1) is 13.9. The fraction of sp³-hybridized carbons (Fsp3) is 0.350. The minimum atomic E-state index is -1.16. The van der Waals surface area contributed by atoms with Crippen LogP contribution in [0.15, 0.2) is 48.1 Å². The summed E-state index contributed by atoms with van der Waals surface area (Å²) in [4.78, 5) is 63.8. The second-order valence-electron chi connectivity index (χ2n) is 6.21. The van der Waals surface area contributed by atoms with Crippen molar-refractivity contribution in [3.8, 4) is 0 Å². The molecule has 2 aliphatic rings. The third-order valence-electron chi connectivity index (χ3n) is 4.37. The first kappa shape index (κ1) is 21.8. The van der Waals surface area contributed by atoms with E-state index in [1.54, 1.807) is 26.0 Å². The minimum Gasteiger partial charge on any atom is -0.428 e. The summed E-state index contributed by atoms with van der Waals surface area (Å²) >= 11 is 0. The Balaban J connectivity index is 2.29. The molecule has 2 heterocycles. The van der Waals surface area contributed by atoms with Crippen LogP contribution in [0.2, 0.25) is 0 Å². The van der Waals surface area contributed by atoms with E-state index in [4.69, 9.17) is 4.74 Å². The van der Waals surface area contributed by atoms with Crippen LogP contribution in [0.3, 0.4) is 0 Å². The van der Waals surface area contributed by atoms with E-state index in [9.17, 15) is 24.0 Å². The first-order valence-electron chi connectivity index (χ1n) is 9.16. The molecule has 0 aromatic rings. The number of piperidine rings is 1. The highest BCUT2D eigenvalue weighted by Gasteiger charge is 2.48. The summed E-state index contributed by atoms with van der Waals surface area (Å²) in [5.41, 5.74) is 0.265. The molecule has 0 bridgehead atoms. The monoisotopic (exact) mass is 401 g/mol. The van der Waals surface area contributed by atoms with Crippen LogP contribution in [0.25, 0.3) is 0 Å². The van der Waals surface area contributed by atoms with Crippen molar-refractivity contribution in [1.82, 2.24) is 15.1 Å². The minimum absolute atomic E-state index is 0.00503. The summed E-state index contributed by atoms with van der Waals surface area (Å²) in [5, 5.41) is 2.38. The molecular formula is C20H23N3O6. The highest BCUT2D eigenvalue weighted by atomic mass is 16.6. The number of likely N-dealkylation sites (tertiary alicyclic amines) is 2. The maximum Gasteiger partial charge on any atom is 0.408 e. The molecule has 1 atom stereocenters. The molecular weight excluding hydrogens is 378 g/mol. The van der Waals surface area contributed by atoms with Crippen molar-refractivity contribution in [3.05, 3.63) is 48.1 Å². The largest absolute Gasteiger partial charge is 0.428 e. The predicted octanol–water partition coefficient (Wildman–Crippen LogP) is 1.19. The van der Waals surface area contributed by atoms with E-state index in [-0.39, 0.29) is 24.0 Å². The molecule has 2 aliphatic heterocycles. The molecule has 2 saturated heterocycles. The van der Waals surface area contributed by atoms with Crippen LogP contribution < -0.4 is 5.32 Å². The maximum absolute atomic E-state index is 12.9. The number of alkyl carbamates (subject to hydrolysis) is 1. The van der Waals surface area contributed by atoms with Gasteiger partial charge in [0.05, 0.1) is 11.1 Å². The van der Waals surface area contributed by atoms with Crippen LogP contribution in [0.1, 0.15) is 26.7 Å². The first-order valence-corrected chi connectivity index (χ1v) is 9.16. The van der Waals surface area contributed by atoms with E-state index in [2.05, 4.69) is 11.9 Å². The van der Waals surface area contributed by atoms with Gasteiger partial charge in [0.1, 0.15) is 6.04 Å². The number of hydrogen-bond acceptors (Lipinski definition) is 6. The van der Waals surface area contributed by atoms with Crippen LogP contribution in [-0.2, 0) is 23.9 Å². The van der Waals surface area contributed by atoms with Crippen LogP contribution >= 0.6 is 0 Å². The zero-order valence-electron chi connectivity index (χ0n) is 16.3. The molecule has 0 aromatic heterocycles. The number of imide groups is 2. The predicted molar refractivity (Wildman–Crippen MR) is 103 cm³/mol. The Morgan fingerprint density at radius 1 is 1.21 bits per heavy atom. The van der Waals surface area contributed by atoms with Crippen LogP contribution in [0, 0.1) is 0 Å². The second kappa shape index (κ2) is 9.63. The number of hydrogen-bond donors (Lipinski definition) is 1. The molecule has 0 saturated carbocycles. The van der Waals surface area contributed by atoms with Crippen molar-refractivity contribution in [2.45, 2.75) is 32.7 Å². The Morgan fingerprint density at radius 3 is 2.45 bits per heavy atom. The molecule has 9 nitrogen and oxygen atoms in total. The lowest BCUT2D eigenvalue weighted by molar-refractivity contribution is -0.162. The lowest BCUT2D eigenvalue weighted by Crippen LogP contribution is -2.56. The quantitative estimate of drug-likeness (QED) is 0.528. The zero-order valence-corrected chi connectivity index (χ0v) is 16.3. The van der Waals surface area contributed by atoms with Gasteiger partial charge in [-0.1, -0.05) is 24.8 Å². The van der Waals surface area contributed by atoms with Gasteiger partial charge in [-0.3, -0.25) is 24.1 Å². The van der Waals surface area contributed by atoms with E-state index >= 15 is 0 Å². The van der Waals surface area contributed by atoms with Crippen molar-refractivity contribution >= 4 is 29.7 Å². The molecule has 0 radical (unpaired) electrons. The molecule has 2 rings (SSSR count). The van der Waals surface area contributed by atoms with Gasteiger partial charge in [-0.25, -0.2) is 9.69 Å². The van der Waals surface area contributed by atoms with Crippen LogP contribution in [0.4, 0.5) is 4.79 Å². The SMILES string of the molecule is C=C/C=C1/C(=O)N(C2CCC(=O)N(COC(=O)NCC)C2=O)C(=O)/C1=C/C=C/C. The normalized spacial score (nSPS) is 22.9. The third-order valence-corrected chi connectivity index (χ3v) is 4.37. The summed E-state index contributed by atoms with van der Waals surface area (Å²) in [5.74, 6) is -2.57. The summed E-state index contributed by atoms with van der Waals surface area (Å²) in [7, 11) is 0. The van der Waals surface area contributed by atoms with Crippen LogP contribution in [0.5, 0.6) is 0 Å². The molecule has 5 amide bonds. The fourth-order valence-electron chi connectivity index (χ4n) is 3.01. The van der Waals surface area contributed by atoms with Gasteiger partial charge in [0, 0.05) is 13.0 Å². The molecule has 154 valence electrons. The number of allylic oxidation sites excluding steroid dienone is 5. The van der Waals surface area contributed by atoms with E-state index in [0.29, 0.717) is 6.54 Å². The summed E-state index contributed by atoms with van der Waals surface area (Å²) in [6, 6.07) is -1.16. The number of ether oxygens (including phenoxy) is 1. The number of nitrogens with one attached hydrogen (secondary N) is 1. The molecule has 2 fully saturated rings. The average molecular weight is 401 g/mol. The van der Waals surface area contributed by atoms with Gasteiger partial charge in [0.25, 0.3) is 17.7 Å². The Hall–Kier alpha value is -3.49. The Kier molecular flexibility index (Phi) is 7.24. The van der Waals surface area contributed by atoms with Gasteiger partial charge in [-0.05, 0) is 32.4 Å². The van der Waals surface area contributed by atoms with Crippen molar-refractivity contribution in [2.24, 2.45) is 0 Å². The standard InChI is InChI=1S/C20H23N3O6/c1-4-7-9-14-13(8-5-2)17(25)23(18(14)26)15-10-11-16(24)22(19(15)27)12-29-20(28)21-6-3/h4-5,7-9,15H,2,6,10-12H2,1,3H3,(H,21,28)/b7-4+,13-8+,14-9+. The topological polar surface area (TPSA) is 113 Å². The Bertz CT molecular complexity index is 839. The van der Waals surface area contributed by atoms with Crippen molar-refractivity contribution in [3.63, 3.8) is 0 Å². The number of carbonyl (C=O) groups excluding carboxylic acids is 5.